The molecule has 1 N–H and O–H groups in total. The standard InChI is InChI=1S/C15H25N/c1-6-12(4)16-13(5)15-9-7-14(8-10-15)11(2)3/h7-13,16H,6H2,1-5H3. The Bertz CT molecular complexity index is 300. The lowest BCUT2D eigenvalue weighted by Crippen LogP contribution is -2.28. The molecule has 0 saturated carbocycles. The zero-order chi connectivity index (χ0) is 12.1. The predicted molar refractivity (Wildman–Crippen MR) is 71.8 cm³/mol. The SMILES string of the molecule is CCC(C)NC(C)c1ccc(C(C)C)cc1. The lowest BCUT2D eigenvalue weighted by Gasteiger charge is -2.19. The van der Waals surface area contributed by atoms with Crippen LogP contribution < -0.4 is 5.32 Å². The first-order chi connectivity index (χ1) is 7.54. The van der Waals surface area contributed by atoms with Crippen molar-refractivity contribution in [3.8, 4) is 0 Å². The van der Waals surface area contributed by atoms with Crippen LogP contribution in [0.1, 0.15) is 64.1 Å². The Morgan fingerprint density at radius 3 is 1.88 bits per heavy atom. The van der Waals surface area contributed by atoms with Crippen molar-refractivity contribution >= 4 is 0 Å². The van der Waals surface area contributed by atoms with Gasteiger partial charge in [0.15, 0.2) is 0 Å². The molecule has 0 amide bonds. The number of rotatable bonds is 5. The Kier molecular flexibility index (Phi) is 5.01. The Morgan fingerprint density at radius 2 is 1.44 bits per heavy atom. The maximum Gasteiger partial charge on any atom is 0.0294 e. The van der Waals surface area contributed by atoms with Crippen molar-refractivity contribution in [1.82, 2.24) is 5.32 Å². The fourth-order valence-electron chi connectivity index (χ4n) is 1.81. The molecule has 0 fully saturated rings. The maximum absolute atomic E-state index is 3.59. The molecule has 2 atom stereocenters. The highest BCUT2D eigenvalue weighted by molar-refractivity contribution is 5.26. The number of hydrogen-bond acceptors (Lipinski definition) is 1. The average molecular weight is 219 g/mol. The van der Waals surface area contributed by atoms with E-state index < -0.39 is 0 Å². The Labute approximate surface area is 100 Å². The molecule has 1 nitrogen and oxygen atoms in total. The first kappa shape index (κ1) is 13.2. The molecular formula is C15H25N. The average Bonchev–Trinajstić information content (AvgIpc) is 2.28. The first-order valence-corrected chi connectivity index (χ1v) is 6.40. The van der Waals surface area contributed by atoms with Crippen LogP contribution in [0.25, 0.3) is 0 Å². The van der Waals surface area contributed by atoms with Crippen molar-refractivity contribution < 1.29 is 0 Å². The van der Waals surface area contributed by atoms with E-state index in [1.165, 1.54) is 17.5 Å². The zero-order valence-corrected chi connectivity index (χ0v) is 11.2. The molecule has 90 valence electrons. The molecule has 1 aromatic carbocycles. The van der Waals surface area contributed by atoms with E-state index in [4.69, 9.17) is 0 Å². The van der Waals surface area contributed by atoms with Gasteiger partial charge in [0.05, 0.1) is 0 Å². The molecule has 1 aromatic rings. The smallest absolute Gasteiger partial charge is 0.0294 e. The van der Waals surface area contributed by atoms with Crippen molar-refractivity contribution in [3.05, 3.63) is 35.4 Å². The van der Waals surface area contributed by atoms with Crippen molar-refractivity contribution in [2.75, 3.05) is 0 Å². The van der Waals surface area contributed by atoms with Crippen molar-refractivity contribution in [3.63, 3.8) is 0 Å². The molecule has 0 bridgehead atoms. The second kappa shape index (κ2) is 6.05. The van der Waals surface area contributed by atoms with Gasteiger partial charge in [0.25, 0.3) is 0 Å². The van der Waals surface area contributed by atoms with E-state index in [1.807, 2.05) is 0 Å². The van der Waals surface area contributed by atoms with Gasteiger partial charge in [-0.25, -0.2) is 0 Å². The van der Waals surface area contributed by atoms with Gasteiger partial charge in [-0.1, -0.05) is 45.0 Å². The summed E-state index contributed by atoms with van der Waals surface area (Å²) in [4.78, 5) is 0. The quantitative estimate of drug-likeness (QED) is 0.780. The topological polar surface area (TPSA) is 12.0 Å². The molecule has 0 saturated heterocycles. The molecule has 0 aromatic heterocycles. The number of hydrogen-bond donors (Lipinski definition) is 1. The summed E-state index contributed by atoms with van der Waals surface area (Å²) in [7, 11) is 0. The predicted octanol–water partition coefficient (Wildman–Crippen LogP) is 4.26. The van der Waals surface area contributed by atoms with Crippen LogP contribution in [0.15, 0.2) is 24.3 Å². The van der Waals surface area contributed by atoms with Crippen LogP contribution in [-0.2, 0) is 0 Å². The van der Waals surface area contributed by atoms with E-state index in [-0.39, 0.29) is 0 Å². The first-order valence-electron chi connectivity index (χ1n) is 6.40. The second-order valence-electron chi connectivity index (χ2n) is 5.02. The number of nitrogens with one attached hydrogen (secondary N) is 1. The third kappa shape index (κ3) is 3.64. The summed E-state index contributed by atoms with van der Waals surface area (Å²) in [6, 6.07) is 10.0. The normalized spacial score (nSPS) is 15.1. The minimum absolute atomic E-state index is 0.441. The summed E-state index contributed by atoms with van der Waals surface area (Å²) < 4.78 is 0. The fourth-order valence-corrected chi connectivity index (χ4v) is 1.81. The van der Waals surface area contributed by atoms with Crippen LogP contribution in [0, 0.1) is 0 Å². The van der Waals surface area contributed by atoms with Gasteiger partial charge < -0.3 is 5.32 Å². The van der Waals surface area contributed by atoms with Gasteiger partial charge in [0.1, 0.15) is 0 Å². The van der Waals surface area contributed by atoms with E-state index >= 15 is 0 Å². The summed E-state index contributed by atoms with van der Waals surface area (Å²) in [6.07, 6.45) is 1.18. The molecule has 0 aliphatic carbocycles. The molecule has 2 unspecified atom stereocenters. The van der Waals surface area contributed by atoms with Crippen LogP contribution in [0.2, 0.25) is 0 Å². The molecule has 0 aliphatic rings. The van der Waals surface area contributed by atoms with Gasteiger partial charge in [-0.15, -0.1) is 0 Å². The third-order valence-corrected chi connectivity index (χ3v) is 3.25. The zero-order valence-electron chi connectivity index (χ0n) is 11.2. The summed E-state index contributed by atoms with van der Waals surface area (Å²) >= 11 is 0. The highest BCUT2D eigenvalue weighted by Crippen LogP contribution is 2.19. The third-order valence-electron chi connectivity index (χ3n) is 3.25. The highest BCUT2D eigenvalue weighted by atomic mass is 14.9. The van der Waals surface area contributed by atoms with Gasteiger partial charge in [0, 0.05) is 12.1 Å². The largest absolute Gasteiger partial charge is 0.308 e. The van der Waals surface area contributed by atoms with Gasteiger partial charge in [-0.05, 0) is 37.3 Å². The summed E-state index contributed by atoms with van der Waals surface area (Å²) in [5.41, 5.74) is 2.80. The van der Waals surface area contributed by atoms with Crippen LogP contribution in [-0.4, -0.2) is 6.04 Å². The molecular weight excluding hydrogens is 194 g/mol. The van der Waals surface area contributed by atoms with E-state index in [2.05, 4.69) is 64.2 Å². The summed E-state index contributed by atoms with van der Waals surface area (Å²) in [6.45, 7) is 11.1. The van der Waals surface area contributed by atoms with Crippen molar-refractivity contribution in [2.24, 2.45) is 0 Å². The molecule has 0 aliphatic heterocycles. The lowest BCUT2D eigenvalue weighted by atomic mass is 9.99. The molecule has 0 heterocycles. The molecule has 1 heteroatoms. The van der Waals surface area contributed by atoms with Crippen LogP contribution in [0.3, 0.4) is 0 Å². The van der Waals surface area contributed by atoms with Gasteiger partial charge in [-0.3, -0.25) is 0 Å². The van der Waals surface area contributed by atoms with Crippen LogP contribution in [0.4, 0.5) is 0 Å². The van der Waals surface area contributed by atoms with Gasteiger partial charge in [-0.2, -0.15) is 0 Å². The highest BCUT2D eigenvalue weighted by Gasteiger charge is 2.08. The minimum Gasteiger partial charge on any atom is -0.308 e. The minimum atomic E-state index is 0.441. The Balaban J connectivity index is 2.66. The van der Waals surface area contributed by atoms with Gasteiger partial charge >= 0.3 is 0 Å². The molecule has 0 spiro atoms. The molecule has 16 heavy (non-hydrogen) atoms. The Hall–Kier alpha value is -0.820. The van der Waals surface area contributed by atoms with E-state index in [1.54, 1.807) is 0 Å². The second-order valence-corrected chi connectivity index (χ2v) is 5.02. The maximum atomic E-state index is 3.59. The van der Waals surface area contributed by atoms with Crippen LogP contribution >= 0.6 is 0 Å². The molecule has 1 rings (SSSR count). The lowest BCUT2D eigenvalue weighted by molar-refractivity contribution is 0.469. The Morgan fingerprint density at radius 1 is 0.938 bits per heavy atom. The monoisotopic (exact) mass is 219 g/mol. The van der Waals surface area contributed by atoms with E-state index in [9.17, 15) is 0 Å². The summed E-state index contributed by atoms with van der Waals surface area (Å²) in [5, 5.41) is 3.59. The van der Waals surface area contributed by atoms with Crippen molar-refractivity contribution in [1.29, 1.82) is 0 Å². The fraction of sp³-hybridized carbons (Fsp3) is 0.600. The van der Waals surface area contributed by atoms with Crippen molar-refractivity contribution in [2.45, 2.75) is 59.0 Å². The van der Waals surface area contributed by atoms with E-state index in [0.29, 0.717) is 18.0 Å². The summed E-state index contributed by atoms with van der Waals surface area (Å²) in [5.74, 6) is 0.617. The van der Waals surface area contributed by atoms with E-state index in [0.717, 1.165) is 0 Å². The van der Waals surface area contributed by atoms with Gasteiger partial charge in [0.2, 0.25) is 0 Å². The van der Waals surface area contributed by atoms with Crippen LogP contribution in [0.5, 0.6) is 0 Å². The number of benzene rings is 1. The molecule has 0 radical (unpaired) electrons.